The lowest BCUT2D eigenvalue weighted by molar-refractivity contribution is -0.122. The first-order chi connectivity index (χ1) is 10.9. The van der Waals surface area contributed by atoms with E-state index >= 15 is 0 Å². The summed E-state index contributed by atoms with van der Waals surface area (Å²) in [5.74, 6) is 1.31. The predicted molar refractivity (Wildman–Crippen MR) is 89.4 cm³/mol. The Kier molecular flexibility index (Phi) is 4.76. The molecule has 3 rings (SSSR count). The van der Waals surface area contributed by atoms with Gasteiger partial charge in [-0.1, -0.05) is 20.8 Å². The second kappa shape index (κ2) is 6.63. The van der Waals surface area contributed by atoms with Gasteiger partial charge in [0.2, 0.25) is 5.91 Å². The molecule has 1 amide bonds. The molecule has 2 atom stereocenters. The molecule has 5 nitrogen and oxygen atoms in total. The minimum absolute atomic E-state index is 0.0738. The van der Waals surface area contributed by atoms with Crippen LogP contribution in [0.1, 0.15) is 64.4 Å². The van der Waals surface area contributed by atoms with Crippen LogP contribution in [0.25, 0.3) is 0 Å². The molecule has 5 heteroatoms. The molecular weight excluding hydrogens is 290 g/mol. The van der Waals surface area contributed by atoms with E-state index in [1.807, 2.05) is 0 Å². The Bertz CT molecular complexity index is 553. The van der Waals surface area contributed by atoms with Crippen molar-refractivity contribution in [2.45, 2.75) is 83.4 Å². The molecule has 3 heterocycles. The fraction of sp³-hybridized carbons (Fsp3) is 0.778. The summed E-state index contributed by atoms with van der Waals surface area (Å²) in [5.41, 5.74) is 1.21. The average Bonchev–Trinajstić information content (AvgIpc) is 3.13. The summed E-state index contributed by atoms with van der Waals surface area (Å²) < 4.78 is 7.80. The topological polar surface area (TPSA) is 56.2 Å². The summed E-state index contributed by atoms with van der Waals surface area (Å²) in [4.78, 5) is 16.9. The van der Waals surface area contributed by atoms with E-state index in [-0.39, 0.29) is 17.4 Å². The molecule has 0 saturated carbocycles. The highest BCUT2D eigenvalue weighted by Gasteiger charge is 2.25. The van der Waals surface area contributed by atoms with E-state index in [4.69, 9.17) is 9.72 Å². The van der Waals surface area contributed by atoms with Gasteiger partial charge in [-0.25, -0.2) is 4.98 Å². The highest BCUT2D eigenvalue weighted by Crippen LogP contribution is 2.24. The fourth-order valence-electron chi connectivity index (χ4n) is 3.39. The standard InChI is InChI=1S/C18H29N3O2/c1-18(2,3)15-12-21-11-13(6-8-16(21)20-15)19-17(22)9-7-14-5-4-10-23-14/h12-14H,4-11H2,1-3H3,(H,19,22). The number of nitrogens with one attached hydrogen (secondary N) is 1. The molecule has 128 valence electrons. The van der Waals surface area contributed by atoms with Crippen molar-refractivity contribution < 1.29 is 9.53 Å². The Morgan fingerprint density at radius 1 is 1.43 bits per heavy atom. The van der Waals surface area contributed by atoms with E-state index in [0.29, 0.717) is 12.5 Å². The Balaban J connectivity index is 1.50. The Hall–Kier alpha value is -1.36. The largest absolute Gasteiger partial charge is 0.378 e. The normalized spacial score (nSPS) is 24.5. The minimum atomic E-state index is 0.0738. The van der Waals surface area contributed by atoms with Gasteiger partial charge in [0.05, 0.1) is 11.8 Å². The van der Waals surface area contributed by atoms with Crippen LogP contribution in [0.15, 0.2) is 6.20 Å². The summed E-state index contributed by atoms with van der Waals surface area (Å²) in [6.07, 6.45) is 8.02. The van der Waals surface area contributed by atoms with Crippen molar-refractivity contribution in [1.82, 2.24) is 14.9 Å². The van der Waals surface area contributed by atoms with Crippen molar-refractivity contribution in [2.75, 3.05) is 6.61 Å². The molecule has 1 saturated heterocycles. The second-order valence-corrected chi connectivity index (χ2v) is 7.92. The molecule has 0 aromatic carbocycles. The monoisotopic (exact) mass is 319 g/mol. The van der Waals surface area contributed by atoms with E-state index in [1.165, 1.54) is 0 Å². The molecule has 0 aliphatic carbocycles. The number of amides is 1. The molecule has 23 heavy (non-hydrogen) atoms. The van der Waals surface area contributed by atoms with Crippen LogP contribution in [-0.4, -0.2) is 34.2 Å². The van der Waals surface area contributed by atoms with E-state index in [0.717, 1.165) is 56.8 Å². The smallest absolute Gasteiger partial charge is 0.220 e. The number of carbonyl (C=O) groups is 1. The van der Waals surface area contributed by atoms with Crippen molar-refractivity contribution in [1.29, 1.82) is 0 Å². The number of nitrogens with zero attached hydrogens (tertiary/aromatic N) is 2. The molecule has 2 aliphatic rings. The number of hydrogen-bond acceptors (Lipinski definition) is 3. The minimum Gasteiger partial charge on any atom is -0.378 e. The molecule has 0 radical (unpaired) electrons. The van der Waals surface area contributed by atoms with Crippen LogP contribution < -0.4 is 5.32 Å². The number of hydrogen-bond donors (Lipinski definition) is 1. The van der Waals surface area contributed by atoms with E-state index < -0.39 is 0 Å². The van der Waals surface area contributed by atoms with Gasteiger partial charge in [0.15, 0.2) is 0 Å². The van der Waals surface area contributed by atoms with Gasteiger partial charge in [0.25, 0.3) is 0 Å². The highest BCUT2D eigenvalue weighted by atomic mass is 16.5. The van der Waals surface area contributed by atoms with Crippen LogP contribution >= 0.6 is 0 Å². The molecule has 2 aliphatic heterocycles. The summed E-state index contributed by atoms with van der Waals surface area (Å²) in [6.45, 7) is 8.25. The van der Waals surface area contributed by atoms with Crippen LogP contribution in [0.5, 0.6) is 0 Å². The van der Waals surface area contributed by atoms with Gasteiger partial charge in [-0.15, -0.1) is 0 Å². The number of fused-ring (bicyclic) bond motifs is 1. The molecule has 2 unspecified atom stereocenters. The van der Waals surface area contributed by atoms with E-state index in [1.54, 1.807) is 0 Å². The molecular formula is C18H29N3O2. The van der Waals surface area contributed by atoms with E-state index in [2.05, 4.69) is 36.9 Å². The Labute approximate surface area is 138 Å². The molecule has 0 spiro atoms. The molecule has 1 N–H and O–H groups in total. The number of carbonyl (C=O) groups excluding carboxylic acids is 1. The van der Waals surface area contributed by atoms with Gasteiger partial charge in [-0.2, -0.15) is 0 Å². The van der Waals surface area contributed by atoms with Crippen molar-refractivity contribution in [2.24, 2.45) is 0 Å². The van der Waals surface area contributed by atoms with Crippen LogP contribution in [-0.2, 0) is 27.9 Å². The van der Waals surface area contributed by atoms with Crippen molar-refractivity contribution in [3.05, 3.63) is 17.7 Å². The fourth-order valence-corrected chi connectivity index (χ4v) is 3.39. The zero-order valence-corrected chi connectivity index (χ0v) is 14.6. The second-order valence-electron chi connectivity index (χ2n) is 7.92. The van der Waals surface area contributed by atoms with Crippen molar-refractivity contribution >= 4 is 5.91 Å². The summed E-state index contributed by atoms with van der Waals surface area (Å²) in [6, 6.07) is 0.224. The average molecular weight is 319 g/mol. The van der Waals surface area contributed by atoms with Gasteiger partial charge < -0.3 is 14.6 Å². The maximum atomic E-state index is 12.2. The SMILES string of the molecule is CC(C)(C)c1cn2c(n1)CCC(NC(=O)CCC1CCCO1)C2. The number of aryl methyl sites for hydroxylation is 1. The van der Waals surface area contributed by atoms with Gasteiger partial charge >= 0.3 is 0 Å². The van der Waals surface area contributed by atoms with Crippen LogP contribution in [0, 0.1) is 0 Å². The van der Waals surface area contributed by atoms with Crippen LogP contribution in [0.3, 0.4) is 0 Å². The van der Waals surface area contributed by atoms with Gasteiger partial charge in [-0.3, -0.25) is 4.79 Å². The quantitative estimate of drug-likeness (QED) is 0.928. The predicted octanol–water partition coefficient (Wildman–Crippen LogP) is 2.57. The summed E-state index contributed by atoms with van der Waals surface area (Å²) in [7, 11) is 0. The maximum absolute atomic E-state index is 12.2. The van der Waals surface area contributed by atoms with Crippen LogP contribution in [0.2, 0.25) is 0 Å². The summed E-state index contributed by atoms with van der Waals surface area (Å²) in [5, 5.41) is 3.19. The number of ether oxygens (including phenoxy) is 1. The number of rotatable bonds is 4. The first-order valence-electron chi connectivity index (χ1n) is 8.89. The third kappa shape index (κ3) is 4.14. The highest BCUT2D eigenvalue weighted by molar-refractivity contribution is 5.76. The lowest BCUT2D eigenvalue weighted by atomic mass is 9.93. The van der Waals surface area contributed by atoms with Crippen molar-refractivity contribution in [3.63, 3.8) is 0 Å². The zero-order chi connectivity index (χ0) is 16.4. The van der Waals surface area contributed by atoms with Gasteiger partial charge in [0, 0.05) is 43.6 Å². The maximum Gasteiger partial charge on any atom is 0.220 e. The van der Waals surface area contributed by atoms with Gasteiger partial charge in [-0.05, 0) is 25.7 Å². The lowest BCUT2D eigenvalue weighted by Gasteiger charge is -2.25. The Morgan fingerprint density at radius 2 is 2.26 bits per heavy atom. The summed E-state index contributed by atoms with van der Waals surface area (Å²) >= 11 is 0. The van der Waals surface area contributed by atoms with Gasteiger partial charge in [0.1, 0.15) is 5.82 Å². The first kappa shape index (κ1) is 16.5. The van der Waals surface area contributed by atoms with E-state index in [9.17, 15) is 4.79 Å². The Morgan fingerprint density at radius 3 is 2.96 bits per heavy atom. The molecule has 1 aromatic heterocycles. The number of imidazole rings is 1. The van der Waals surface area contributed by atoms with Crippen LogP contribution in [0.4, 0.5) is 0 Å². The zero-order valence-electron chi connectivity index (χ0n) is 14.6. The number of aromatic nitrogens is 2. The molecule has 1 fully saturated rings. The third-order valence-corrected chi connectivity index (χ3v) is 4.84. The van der Waals surface area contributed by atoms with Crippen molar-refractivity contribution in [3.8, 4) is 0 Å². The third-order valence-electron chi connectivity index (χ3n) is 4.84. The molecule has 1 aromatic rings. The first-order valence-corrected chi connectivity index (χ1v) is 8.89. The lowest BCUT2D eigenvalue weighted by Crippen LogP contribution is -2.41. The molecule has 0 bridgehead atoms.